The monoisotopic (exact) mass is 384 g/mol. The van der Waals surface area contributed by atoms with Gasteiger partial charge in [0, 0.05) is 18.3 Å². The van der Waals surface area contributed by atoms with Crippen LogP contribution in [0.15, 0.2) is 54.6 Å². The van der Waals surface area contributed by atoms with Gasteiger partial charge in [-0.05, 0) is 45.4 Å². The minimum absolute atomic E-state index is 0.0574. The SMILES string of the molecule is Cc1ccc(NC(=O)CSC(C)C(=O)N(Cc2ccccc2)C(C)C)cc1. The second-order valence-corrected chi connectivity index (χ2v) is 8.24. The van der Waals surface area contributed by atoms with Crippen LogP contribution in [0.5, 0.6) is 0 Å². The summed E-state index contributed by atoms with van der Waals surface area (Å²) < 4.78 is 0. The number of nitrogens with one attached hydrogen (secondary N) is 1. The van der Waals surface area contributed by atoms with Crippen LogP contribution in [0.4, 0.5) is 5.69 Å². The topological polar surface area (TPSA) is 49.4 Å². The van der Waals surface area contributed by atoms with Crippen molar-refractivity contribution in [2.24, 2.45) is 0 Å². The van der Waals surface area contributed by atoms with Gasteiger partial charge in [0.2, 0.25) is 11.8 Å². The van der Waals surface area contributed by atoms with E-state index in [-0.39, 0.29) is 28.9 Å². The van der Waals surface area contributed by atoms with E-state index in [1.54, 1.807) is 0 Å². The van der Waals surface area contributed by atoms with Gasteiger partial charge in [-0.15, -0.1) is 11.8 Å². The van der Waals surface area contributed by atoms with Crippen LogP contribution in [0.3, 0.4) is 0 Å². The Labute approximate surface area is 166 Å². The van der Waals surface area contributed by atoms with Crippen LogP contribution in [-0.4, -0.2) is 33.8 Å². The van der Waals surface area contributed by atoms with E-state index in [9.17, 15) is 9.59 Å². The van der Waals surface area contributed by atoms with Crippen molar-refractivity contribution in [3.05, 3.63) is 65.7 Å². The third kappa shape index (κ3) is 6.75. The first-order chi connectivity index (χ1) is 12.9. The Morgan fingerprint density at radius 1 is 1.00 bits per heavy atom. The maximum Gasteiger partial charge on any atom is 0.235 e. The highest BCUT2D eigenvalue weighted by molar-refractivity contribution is 8.01. The molecule has 0 heterocycles. The Morgan fingerprint density at radius 3 is 2.22 bits per heavy atom. The van der Waals surface area contributed by atoms with E-state index < -0.39 is 0 Å². The maximum atomic E-state index is 12.9. The van der Waals surface area contributed by atoms with Crippen LogP contribution in [0.25, 0.3) is 0 Å². The van der Waals surface area contributed by atoms with Gasteiger partial charge < -0.3 is 10.2 Å². The van der Waals surface area contributed by atoms with Crippen molar-refractivity contribution in [1.29, 1.82) is 0 Å². The predicted molar refractivity (Wildman–Crippen MR) is 114 cm³/mol. The summed E-state index contributed by atoms with van der Waals surface area (Å²) >= 11 is 1.37. The first-order valence-corrected chi connectivity index (χ1v) is 10.2. The van der Waals surface area contributed by atoms with Crippen molar-refractivity contribution in [1.82, 2.24) is 4.90 Å². The Kier molecular flexibility index (Phi) is 7.92. The molecular weight excluding hydrogens is 356 g/mol. The van der Waals surface area contributed by atoms with Crippen molar-refractivity contribution in [3.8, 4) is 0 Å². The van der Waals surface area contributed by atoms with Gasteiger partial charge in [-0.2, -0.15) is 0 Å². The van der Waals surface area contributed by atoms with Crippen molar-refractivity contribution >= 4 is 29.3 Å². The zero-order valence-corrected chi connectivity index (χ0v) is 17.3. The first-order valence-electron chi connectivity index (χ1n) is 9.19. The average molecular weight is 385 g/mol. The fraction of sp³-hybridized carbons (Fsp3) is 0.364. The van der Waals surface area contributed by atoms with Crippen LogP contribution in [-0.2, 0) is 16.1 Å². The quantitative estimate of drug-likeness (QED) is 0.729. The van der Waals surface area contributed by atoms with Crippen molar-refractivity contribution < 1.29 is 9.59 Å². The third-order valence-corrected chi connectivity index (χ3v) is 5.38. The molecule has 1 N–H and O–H groups in total. The molecule has 5 heteroatoms. The van der Waals surface area contributed by atoms with Gasteiger partial charge in [-0.1, -0.05) is 48.0 Å². The molecule has 0 aliphatic rings. The molecule has 1 atom stereocenters. The van der Waals surface area contributed by atoms with E-state index in [1.165, 1.54) is 11.8 Å². The number of benzene rings is 2. The second-order valence-electron chi connectivity index (χ2n) is 6.91. The normalized spacial score (nSPS) is 11.9. The summed E-state index contributed by atoms with van der Waals surface area (Å²) in [5, 5.41) is 2.59. The van der Waals surface area contributed by atoms with E-state index in [0.29, 0.717) is 6.54 Å². The number of carbonyl (C=O) groups is 2. The lowest BCUT2D eigenvalue weighted by atomic mass is 10.2. The summed E-state index contributed by atoms with van der Waals surface area (Å²) in [5.74, 6) is 0.211. The lowest BCUT2D eigenvalue weighted by Crippen LogP contribution is -2.41. The highest BCUT2D eigenvalue weighted by Gasteiger charge is 2.24. The van der Waals surface area contributed by atoms with Crippen molar-refractivity contribution in [2.45, 2.75) is 45.5 Å². The molecule has 1 unspecified atom stereocenters. The summed E-state index contributed by atoms with van der Waals surface area (Å²) in [7, 11) is 0. The Morgan fingerprint density at radius 2 is 1.63 bits per heavy atom. The van der Waals surface area contributed by atoms with Gasteiger partial charge in [-0.25, -0.2) is 0 Å². The number of carbonyl (C=O) groups excluding carboxylic acids is 2. The summed E-state index contributed by atoms with van der Waals surface area (Å²) in [6, 6.07) is 17.7. The van der Waals surface area contributed by atoms with Gasteiger partial charge in [0.1, 0.15) is 0 Å². The molecule has 0 spiro atoms. The lowest BCUT2D eigenvalue weighted by Gasteiger charge is -2.29. The van der Waals surface area contributed by atoms with Gasteiger partial charge >= 0.3 is 0 Å². The fourth-order valence-corrected chi connectivity index (χ4v) is 3.39. The Balaban J connectivity index is 1.88. The first kappa shape index (κ1) is 21.0. The molecule has 0 aliphatic carbocycles. The number of hydrogen-bond acceptors (Lipinski definition) is 3. The summed E-state index contributed by atoms with van der Waals surface area (Å²) in [6.07, 6.45) is 0. The van der Waals surface area contributed by atoms with E-state index >= 15 is 0 Å². The minimum atomic E-state index is -0.278. The highest BCUT2D eigenvalue weighted by Crippen LogP contribution is 2.18. The highest BCUT2D eigenvalue weighted by atomic mass is 32.2. The number of rotatable bonds is 8. The molecule has 0 radical (unpaired) electrons. The predicted octanol–water partition coefficient (Wildman–Crippen LogP) is 4.49. The van der Waals surface area contributed by atoms with E-state index in [1.807, 2.05) is 87.2 Å². The molecule has 27 heavy (non-hydrogen) atoms. The van der Waals surface area contributed by atoms with E-state index in [0.717, 1.165) is 16.8 Å². The molecule has 4 nitrogen and oxygen atoms in total. The van der Waals surface area contributed by atoms with Crippen LogP contribution in [0.1, 0.15) is 31.9 Å². The molecule has 2 aromatic carbocycles. The smallest absolute Gasteiger partial charge is 0.235 e. The standard InChI is InChI=1S/C22H28N2O2S/c1-16(2)24(14-19-8-6-5-7-9-19)22(26)18(4)27-15-21(25)23-20-12-10-17(3)11-13-20/h5-13,16,18H,14-15H2,1-4H3,(H,23,25). The number of anilines is 1. The van der Waals surface area contributed by atoms with Gasteiger partial charge in [-0.3, -0.25) is 9.59 Å². The average Bonchev–Trinajstić information content (AvgIpc) is 2.66. The van der Waals surface area contributed by atoms with Crippen LogP contribution in [0.2, 0.25) is 0 Å². The number of hydrogen-bond donors (Lipinski definition) is 1. The van der Waals surface area contributed by atoms with Crippen LogP contribution < -0.4 is 5.32 Å². The van der Waals surface area contributed by atoms with Gasteiger partial charge in [0.05, 0.1) is 11.0 Å². The Bertz CT molecular complexity index is 745. The molecule has 2 amide bonds. The molecule has 0 saturated heterocycles. The van der Waals surface area contributed by atoms with Gasteiger partial charge in [0.15, 0.2) is 0 Å². The van der Waals surface area contributed by atoms with Crippen molar-refractivity contribution in [3.63, 3.8) is 0 Å². The van der Waals surface area contributed by atoms with E-state index in [4.69, 9.17) is 0 Å². The molecular formula is C22H28N2O2S. The molecule has 144 valence electrons. The minimum Gasteiger partial charge on any atom is -0.335 e. The number of thioether (sulfide) groups is 1. The zero-order chi connectivity index (χ0) is 19.8. The number of amides is 2. The summed E-state index contributed by atoms with van der Waals surface area (Å²) in [5.41, 5.74) is 3.03. The maximum absolute atomic E-state index is 12.9. The van der Waals surface area contributed by atoms with Gasteiger partial charge in [0.25, 0.3) is 0 Å². The van der Waals surface area contributed by atoms with E-state index in [2.05, 4.69) is 5.32 Å². The number of nitrogens with zero attached hydrogens (tertiary/aromatic N) is 1. The molecule has 0 aliphatic heterocycles. The molecule has 0 bridgehead atoms. The van der Waals surface area contributed by atoms with Crippen LogP contribution in [0, 0.1) is 6.92 Å². The lowest BCUT2D eigenvalue weighted by molar-refractivity contribution is -0.132. The molecule has 0 saturated carbocycles. The van der Waals surface area contributed by atoms with Crippen LogP contribution >= 0.6 is 11.8 Å². The molecule has 2 rings (SSSR count). The summed E-state index contributed by atoms with van der Waals surface area (Å²) in [4.78, 5) is 26.9. The largest absolute Gasteiger partial charge is 0.335 e. The Hall–Kier alpha value is -2.27. The van der Waals surface area contributed by atoms with Crippen molar-refractivity contribution in [2.75, 3.05) is 11.1 Å². The molecule has 2 aromatic rings. The third-order valence-electron chi connectivity index (χ3n) is 4.25. The molecule has 0 fully saturated rings. The second kappa shape index (κ2) is 10.2. The summed E-state index contributed by atoms with van der Waals surface area (Å²) in [6.45, 7) is 8.49. The zero-order valence-electron chi connectivity index (χ0n) is 16.4. The number of aryl methyl sites for hydroxylation is 1. The molecule has 0 aromatic heterocycles. The fourth-order valence-electron chi connectivity index (χ4n) is 2.63.